The van der Waals surface area contributed by atoms with Gasteiger partial charge in [0.05, 0.1) is 24.0 Å². The Morgan fingerprint density at radius 2 is 2.38 bits per heavy atom. The predicted molar refractivity (Wildman–Crippen MR) is 62.9 cm³/mol. The van der Waals surface area contributed by atoms with Crippen LogP contribution in [0, 0.1) is 0 Å². The number of imidazole rings is 1. The van der Waals surface area contributed by atoms with Gasteiger partial charge >= 0.3 is 0 Å². The van der Waals surface area contributed by atoms with Crippen molar-refractivity contribution >= 4 is 11.0 Å². The van der Waals surface area contributed by atoms with E-state index in [1.165, 1.54) is 5.56 Å². The van der Waals surface area contributed by atoms with Crippen molar-refractivity contribution in [3.05, 3.63) is 30.1 Å². The van der Waals surface area contributed by atoms with Gasteiger partial charge in [0.1, 0.15) is 0 Å². The van der Waals surface area contributed by atoms with E-state index in [-0.39, 0.29) is 12.6 Å². The summed E-state index contributed by atoms with van der Waals surface area (Å²) in [5.41, 5.74) is 8.75. The van der Waals surface area contributed by atoms with Gasteiger partial charge in [-0.2, -0.15) is 0 Å². The molecule has 0 bridgehead atoms. The number of nitrogens with two attached hydrogens (primary N) is 1. The van der Waals surface area contributed by atoms with Crippen molar-refractivity contribution in [2.75, 3.05) is 13.2 Å². The fraction of sp³-hybridized carbons (Fsp3) is 0.364. The maximum Gasteiger partial charge on any atom is 0.0931 e. The molecule has 0 spiro atoms. The molecule has 86 valence electrons. The largest absolute Gasteiger partial charge is 0.395 e. The molecule has 1 heterocycles. The maximum absolute atomic E-state index is 8.77. The lowest BCUT2D eigenvalue weighted by Crippen LogP contribution is -2.36. The first-order valence-electron chi connectivity index (χ1n) is 5.29. The molecule has 1 unspecified atom stereocenters. The summed E-state index contributed by atoms with van der Waals surface area (Å²) in [5, 5.41) is 12.0. The molecule has 0 saturated heterocycles. The van der Waals surface area contributed by atoms with E-state index < -0.39 is 0 Å². The van der Waals surface area contributed by atoms with Crippen LogP contribution in [0.3, 0.4) is 0 Å². The van der Waals surface area contributed by atoms with Gasteiger partial charge in [-0.05, 0) is 17.7 Å². The number of fused-ring (bicyclic) bond motifs is 1. The molecule has 16 heavy (non-hydrogen) atoms. The van der Waals surface area contributed by atoms with Gasteiger partial charge in [-0.15, -0.1) is 0 Å². The van der Waals surface area contributed by atoms with E-state index in [9.17, 15) is 0 Å². The quantitative estimate of drug-likeness (QED) is 0.570. The van der Waals surface area contributed by atoms with Gasteiger partial charge < -0.3 is 21.1 Å². The number of hydrogen-bond donors (Lipinski definition) is 4. The van der Waals surface area contributed by atoms with E-state index in [1.807, 2.05) is 12.1 Å². The fourth-order valence-electron chi connectivity index (χ4n) is 1.56. The summed E-state index contributed by atoms with van der Waals surface area (Å²) in [5.74, 6) is 0. The highest BCUT2D eigenvalue weighted by molar-refractivity contribution is 5.74. The van der Waals surface area contributed by atoms with Gasteiger partial charge in [0.2, 0.25) is 0 Å². The molecule has 0 saturated carbocycles. The predicted octanol–water partition coefficient (Wildman–Crippen LogP) is -0.0279. The first-order chi connectivity index (χ1) is 7.79. The van der Waals surface area contributed by atoms with Crippen LogP contribution in [0.5, 0.6) is 0 Å². The van der Waals surface area contributed by atoms with Crippen LogP contribution in [0.2, 0.25) is 0 Å². The van der Waals surface area contributed by atoms with E-state index in [1.54, 1.807) is 6.33 Å². The molecule has 0 aliphatic rings. The van der Waals surface area contributed by atoms with Crippen molar-refractivity contribution in [2.24, 2.45) is 5.73 Å². The topological polar surface area (TPSA) is 87.0 Å². The van der Waals surface area contributed by atoms with E-state index in [0.717, 1.165) is 17.6 Å². The van der Waals surface area contributed by atoms with Gasteiger partial charge in [0, 0.05) is 19.1 Å². The van der Waals surface area contributed by atoms with E-state index in [0.29, 0.717) is 6.54 Å². The molecule has 5 N–H and O–H groups in total. The first kappa shape index (κ1) is 11.1. The molecule has 5 nitrogen and oxygen atoms in total. The van der Waals surface area contributed by atoms with Crippen molar-refractivity contribution in [3.63, 3.8) is 0 Å². The Morgan fingerprint density at radius 3 is 3.19 bits per heavy atom. The highest BCUT2D eigenvalue weighted by Gasteiger charge is 2.01. The molecule has 2 rings (SSSR count). The summed E-state index contributed by atoms with van der Waals surface area (Å²) < 4.78 is 0. The zero-order valence-corrected chi connectivity index (χ0v) is 8.98. The minimum Gasteiger partial charge on any atom is -0.395 e. The third kappa shape index (κ3) is 2.57. The van der Waals surface area contributed by atoms with Crippen LogP contribution in [0.4, 0.5) is 0 Å². The molecule has 2 aromatic rings. The number of aliphatic hydroxyl groups is 1. The van der Waals surface area contributed by atoms with Gasteiger partial charge in [-0.25, -0.2) is 4.98 Å². The Morgan fingerprint density at radius 1 is 1.50 bits per heavy atom. The lowest BCUT2D eigenvalue weighted by molar-refractivity contribution is 0.262. The second kappa shape index (κ2) is 5.07. The number of aromatic nitrogens is 2. The number of H-pyrrole nitrogens is 1. The van der Waals surface area contributed by atoms with Crippen molar-refractivity contribution in [2.45, 2.75) is 12.6 Å². The van der Waals surface area contributed by atoms with Crippen molar-refractivity contribution in [1.82, 2.24) is 15.3 Å². The Labute approximate surface area is 93.7 Å². The molecular formula is C11H16N4O. The highest BCUT2D eigenvalue weighted by atomic mass is 16.3. The minimum absolute atomic E-state index is 0.00653. The second-order valence-electron chi connectivity index (χ2n) is 3.83. The number of aliphatic hydroxyl groups excluding tert-OH is 1. The standard InChI is InChI=1S/C11H16N4O/c12-9(6-16)5-13-4-8-1-2-10-11(3-8)15-7-14-10/h1-3,7,9,13,16H,4-6,12H2,(H,14,15). The van der Waals surface area contributed by atoms with Crippen LogP contribution in [0.25, 0.3) is 11.0 Å². The monoisotopic (exact) mass is 220 g/mol. The molecule has 0 aliphatic heterocycles. The lowest BCUT2D eigenvalue weighted by Gasteiger charge is -2.09. The summed E-state index contributed by atoms with van der Waals surface area (Å²) in [6.45, 7) is 1.35. The van der Waals surface area contributed by atoms with Crippen LogP contribution in [-0.2, 0) is 6.54 Å². The average Bonchev–Trinajstić information content (AvgIpc) is 2.76. The SMILES string of the molecule is NC(CO)CNCc1ccc2nc[nH]c2c1. The average molecular weight is 220 g/mol. The molecule has 0 fully saturated rings. The summed E-state index contributed by atoms with van der Waals surface area (Å²) in [7, 11) is 0. The van der Waals surface area contributed by atoms with Gasteiger partial charge in [0.25, 0.3) is 0 Å². The summed E-state index contributed by atoms with van der Waals surface area (Å²) >= 11 is 0. The number of hydrogen-bond acceptors (Lipinski definition) is 4. The van der Waals surface area contributed by atoms with Crippen molar-refractivity contribution in [3.8, 4) is 0 Å². The van der Waals surface area contributed by atoms with E-state index >= 15 is 0 Å². The smallest absolute Gasteiger partial charge is 0.0931 e. The third-order valence-electron chi connectivity index (χ3n) is 2.45. The Bertz CT molecular complexity index is 454. The normalized spacial score (nSPS) is 13.1. The highest BCUT2D eigenvalue weighted by Crippen LogP contribution is 2.11. The third-order valence-corrected chi connectivity index (χ3v) is 2.45. The minimum atomic E-state index is -0.198. The number of rotatable bonds is 5. The van der Waals surface area contributed by atoms with Crippen molar-refractivity contribution in [1.29, 1.82) is 0 Å². The summed E-state index contributed by atoms with van der Waals surface area (Å²) in [6.07, 6.45) is 1.68. The zero-order valence-electron chi connectivity index (χ0n) is 8.98. The Balaban J connectivity index is 1.93. The van der Waals surface area contributed by atoms with Gasteiger partial charge in [0.15, 0.2) is 0 Å². The van der Waals surface area contributed by atoms with Crippen LogP contribution < -0.4 is 11.1 Å². The number of nitrogens with zero attached hydrogens (tertiary/aromatic N) is 1. The summed E-state index contributed by atoms with van der Waals surface area (Å²) in [6, 6.07) is 5.87. The van der Waals surface area contributed by atoms with Crippen LogP contribution in [0.1, 0.15) is 5.56 Å². The van der Waals surface area contributed by atoms with E-state index in [4.69, 9.17) is 10.8 Å². The summed E-state index contributed by atoms with van der Waals surface area (Å²) in [4.78, 5) is 7.22. The molecule has 1 aromatic carbocycles. The zero-order chi connectivity index (χ0) is 11.4. The molecule has 0 aliphatic carbocycles. The van der Waals surface area contributed by atoms with Crippen LogP contribution in [0.15, 0.2) is 24.5 Å². The molecule has 1 aromatic heterocycles. The number of benzene rings is 1. The molecular weight excluding hydrogens is 204 g/mol. The maximum atomic E-state index is 8.77. The first-order valence-corrected chi connectivity index (χ1v) is 5.29. The van der Waals surface area contributed by atoms with Gasteiger partial charge in [-0.1, -0.05) is 6.07 Å². The fourth-order valence-corrected chi connectivity index (χ4v) is 1.56. The molecule has 5 heteroatoms. The lowest BCUT2D eigenvalue weighted by atomic mass is 10.2. The van der Waals surface area contributed by atoms with Crippen molar-refractivity contribution < 1.29 is 5.11 Å². The molecule has 0 amide bonds. The Hall–Kier alpha value is -1.43. The van der Waals surface area contributed by atoms with Gasteiger partial charge in [-0.3, -0.25) is 0 Å². The molecule has 1 atom stereocenters. The second-order valence-corrected chi connectivity index (χ2v) is 3.83. The van der Waals surface area contributed by atoms with Crippen LogP contribution >= 0.6 is 0 Å². The number of aromatic amines is 1. The Kier molecular flexibility index (Phi) is 3.51. The molecule has 0 radical (unpaired) electrons. The van der Waals surface area contributed by atoms with E-state index in [2.05, 4.69) is 21.4 Å². The van der Waals surface area contributed by atoms with Crippen LogP contribution in [-0.4, -0.2) is 34.3 Å². The number of nitrogens with one attached hydrogen (secondary N) is 2.